The third kappa shape index (κ3) is 4.48. The smallest absolute Gasteiger partial charge is 0.251 e. The van der Waals surface area contributed by atoms with Gasteiger partial charge in [0.15, 0.2) is 5.65 Å². The predicted octanol–water partition coefficient (Wildman–Crippen LogP) is 3.82. The lowest BCUT2D eigenvalue weighted by atomic mass is 9.89. The highest BCUT2D eigenvalue weighted by molar-refractivity contribution is 5.94. The van der Waals surface area contributed by atoms with Crippen LogP contribution in [0.3, 0.4) is 0 Å². The van der Waals surface area contributed by atoms with Gasteiger partial charge in [0.1, 0.15) is 5.82 Å². The molecule has 7 nitrogen and oxygen atoms in total. The number of hydrogen-bond donors (Lipinski definition) is 2. The zero-order valence-corrected chi connectivity index (χ0v) is 18.9. The number of benzene rings is 1. The molecule has 0 bridgehead atoms. The number of aromatic nitrogens is 3. The molecule has 7 heteroatoms. The third-order valence-corrected chi connectivity index (χ3v) is 6.78. The normalized spacial score (nSPS) is 21.1. The van der Waals surface area contributed by atoms with Crippen LogP contribution in [0.5, 0.6) is 0 Å². The van der Waals surface area contributed by atoms with E-state index in [-0.39, 0.29) is 11.9 Å². The number of nitrogens with one attached hydrogen (secondary N) is 2. The first-order chi connectivity index (χ1) is 15.6. The van der Waals surface area contributed by atoms with E-state index in [9.17, 15) is 4.79 Å². The van der Waals surface area contributed by atoms with E-state index in [1.54, 1.807) is 0 Å². The van der Waals surface area contributed by atoms with Gasteiger partial charge < -0.3 is 15.5 Å². The molecule has 0 spiro atoms. The van der Waals surface area contributed by atoms with Crippen molar-refractivity contribution in [2.45, 2.75) is 50.6 Å². The highest BCUT2D eigenvalue weighted by atomic mass is 16.1. The minimum Gasteiger partial charge on any atom is -0.368 e. The van der Waals surface area contributed by atoms with Crippen molar-refractivity contribution in [3.8, 4) is 11.3 Å². The number of fused-ring (bicyclic) bond motifs is 1. The zero-order chi connectivity index (χ0) is 22.1. The van der Waals surface area contributed by atoms with Gasteiger partial charge >= 0.3 is 0 Å². The van der Waals surface area contributed by atoms with Crippen molar-refractivity contribution in [1.29, 1.82) is 0 Å². The van der Waals surface area contributed by atoms with E-state index in [2.05, 4.69) is 34.6 Å². The maximum atomic E-state index is 12.9. The van der Waals surface area contributed by atoms with Crippen molar-refractivity contribution < 1.29 is 4.79 Å². The number of anilines is 1. The number of likely N-dealkylation sites (N-methyl/N-ethyl adjacent to an activating group) is 1. The molecule has 0 radical (unpaired) electrons. The van der Waals surface area contributed by atoms with Crippen LogP contribution in [-0.2, 0) is 0 Å². The van der Waals surface area contributed by atoms with Crippen LogP contribution in [-0.4, -0.2) is 58.1 Å². The quantitative estimate of drug-likeness (QED) is 0.594. The molecule has 1 amide bonds. The van der Waals surface area contributed by atoms with Crippen LogP contribution in [0, 0.1) is 5.92 Å². The molecule has 2 aliphatic carbocycles. The van der Waals surface area contributed by atoms with Gasteiger partial charge in [0, 0.05) is 29.8 Å². The lowest BCUT2D eigenvalue weighted by molar-refractivity contribution is 0.0883. The number of rotatable bonds is 7. The van der Waals surface area contributed by atoms with Crippen LogP contribution < -0.4 is 10.6 Å². The Kier molecular flexibility index (Phi) is 5.83. The van der Waals surface area contributed by atoms with Crippen molar-refractivity contribution >= 4 is 17.4 Å². The van der Waals surface area contributed by atoms with Crippen LogP contribution >= 0.6 is 0 Å². The summed E-state index contributed by atoms with van der Waals surface area (Å²) in [6, 6.07) is 12.3. The lowest BCUT2D eigenvalue weighted by Gasteiger charge is -2.36. The average molecular weight is 433 g/mol. The van der Waals surface area contributed by atoms with Gasteiger partial charge in [-0.1, -0.05) is 25.0 Å². The van der Waals surface area contributed by atoms with Crippen molar-refractivity contribution in [3.05, 3.63) is 48.2 Å². The number of nitrogens with zero attached hydrogens (tertiary/aromatic N) is 4. The fraction of sp³-hybridized carbons (Fsp3) is 0.480. The molecule has 2 N–H and O–H groups in total. The molecule has 3 aromatic rings. The largest absolute Gasteiger partial charge is 0.368 e. The molecule has 2 unspecified atom stereocenters. The zero-order valence-electron chi connectivity index (χ0n) is 18.9. The topological polar surface area (TPSA) is 74.6 Å². The minimum atomic E-state index is -0.00173. The van der Waals surface area contributed by atoms with E-state index in [1.165, 1.54) is 25.7 Å². The SMILES string of the molecule is CN(C)C1CCCCC1NC(=O)c1ccc(-c2cnc3ccc(NCC4CC4)nn23)cc1. The average Bonchev–Trinajstić information content (AvgIpc) is 3.55. The molecule has 168 valence electrons. The maximum absolute atomic E-state index is 12.9. The first kappa shape index (κ1) is 20.9. The van der Waals surface area contributed by atoms with Crippen LogP contribution in [0.2, 0.25) is 0 Å². The first-order valence-electron chi connectivity index (χ1n) is 11.7. The summed E-state index contributed by atoms with van der Waals surface area (Å²) in [6.45, 7) is 0.974. The predicted molar refractivity (Wildman–Crippen MR) is 127 cm³/mol. The van der Waals surface area contributed by atoms with Gasteiger partial charge in [-0.05, 0) is 70.0 Å². The Morgan fingerprint density at radius 1 is 1.06 bits per heavy atom. The summed E-state index contributed by atoms with van der Waals surface area (Å²) in [7, 11) is 4.20. The first-order valence-corrected chi connectivity index (χ1v) is 11.7. The number of amides is 1. The molecule has 5 rings (SSSR count). The molecule has 32 heavy (non-hydrogen) atoms. The maximum Gasteiger partial charge on any atom is 0.251 e. The summed E-state index contributed by atoms with van der Waals surface area (Å²) in [5.74, 6) is 1.65. The van der Waals surface area contributed by atoms with E-state index >= 15 is 0 Å². The summed E-state index contributed by atoms with van der Waals surface area (Å²) in [5.41, 5.74) is 3.41. The molecule has 1 aromatic carbocycles. The molecule has 0 aliphatic heterocycles. The molecule has 2 saturated carbocycles. The summed E-state index contributed by atoms with van der Waals surface area (Å²) in [6.07, 6.45) is 9.03. The Morgan fingerprint density at radius 3 is 2.59 bits per heavy atom. The Labute approximate surface area is 189 Å². The second kappa shape index (κ2) is 8.90. The molecule has 2 aromatic heterocycles. The Bertz CT molecular complexity index is 1090. The van der Waals surface area contributed by atoms with E-state index in [0.29, 0.717) is 11.6 Å². The van der Waals surface area contributed by atoms with Crippen molar-refractivity contribution in [1.82, 2.24) is 24.8 Å². The number of hydrogen-bond acceptors (Lipinski definition) is 5. The highest BCUT2D eigenvalue weighted by Gasteiger charge is 2.28. The van der Waals surface area contributed by atoms with Crippen molar-refractivity contribution in [2.75, 3.05) is 26.0 Å². The van der Waals surface area contributed by atoms with Crippen LogP contribution in [0.15, 0.2) is 42.6 Å². The van der Waals surface area contributed by atoms with E-state index in [1.807, 2.05) is 47.1 Å². The number of carbonyl (C=O) groups is 1. The van der Waals surface area contributed by atoms with Gasteiger partial charge in [-0.2, -0.15) is 0 Å². The van der Waals surface area contributed by atoms with Gasteiger partial charge in [-0.25, -0.2) is 9.50 Å². The van der Waals surface area contributed by atoms with Crippen LogP contribution in [0.25, 0.3) is 16.9 Å². The highest BCUT2D eigenvalue weighted by Crippen LogP contribution is 2.29. The summed E-state index contributed by atoms with van der Waals surface area (Å²) in [4.78, 5) is 19.6. The molecule has 2 aliphatic rings. The van der Waals surface area contributed by atoms with Crippen molar-refractivity contribution in [2.24, 2.45) is 5.92 Å². The third-order valence-electron chi connectivity index (χ3n) is 6.78. The van der Waals surface area contributed by atoms with Gasteiger partial charge in [0.2, 0.25) is 0 Å². The van der Waals surface area contributed by atoms with Crippen molar-refractivity contribution in [3.63, 3.8) is 0 Å². The Hall–Kier alpha value is -2.93. The van der Waals surface area contributed by atoms with E-state index < -0.39 is 0 Å². The summed E-state index contributed by atoms with van der Waals surface area (Å²) < 4.78 is 1.87. The molecular weight excluding hydrogens is 400 g/mol. The van der Waals surface area contributed by atoms with Gasteiger partial charge in [0.25, 0.3) is 5.91 Å². The Balaban J connectivity index is 1.31. The number of carbonyl (C=O) groups excluding carboxylic acids is 1. The van der Waals surface area contributed by atoms with Gasteiger partial charge in [-0.15, -0.1) is 5.10 Å². The summed E-state index contributed by atoms with van der Waals surface area (Å²) >= 11 is 0. The lowest BCUT2D eigenvalue weighted by Crippen LogP contribution is -2.51. The molecule has 2 heterocycles. The Morgan fingerprint density at radius 2 is 1.84 bits per heavy atom. The van der Waals surface area contributed by atoms with Gasteiger partial charge in [0.05, 0.1) is 11.9 Å². The van der Waals surface area contributed by atoms with E-state index in [0.717, 1.165) is 48.0 Å². The molecule has 0 saturated heterocycles. The van der Waals surface area contributed by atoms with E-state index in [4.69, 9.17) is 5.10 Å². The molecular formula is C25H32N6O. The fourth-order valence-corrected chi connectivity index (χ4v) is 4.68. The molecule has 2 atom stereocenters. The second-order valence-corrected chi connectivity index (χ2v) is 9.43. The van der Waals surface area contributed by atoms with Crippen LogP contribution in [0.4, 0.5) is 5.82 Å². The standard InChI is InChI=1S/C25H32N6O/c1-30(2)21-6-4-3-5-20(21)28-25(32)19-11-9-18(10-12-19)22-16-27-24-14-13-23(29-31(22)24)26-15-17-7-8-17/h9-14,16-17,20-21H,3-8,15H2,1-2H3,(H,26,29)(H,28,32). The monoisotopic (exact) mass is 432 g/mol. The molecule has 2 fully saturated rings. The second-order valence-electron chi connectivity index (χ2n) is 9.43. The summed E-state index contributed by atoms with van der Waals surface area (Å²) in [5, 5.41) is 11.4. The minimum absolute atomic E-state index is 0.00173. The number of imidazole rings is 1. The fourth-order valence-electron chi connectivity index (χ4n) is 4.68. The van der Waals surface area contributed by atoms with Crippen LogP contribution in [0.1, 0.15) is 48.9 Å². The van der Waals surface area contributed by atoms with Gasteiger partial charge in [-0.3, -0.25) is 4.79 Å².